The van der Waals surface area contributed by atoms with Crippen LogP contribution in [-0.2, 0) is 0 Å². The molecule has 0 bridgehead atoms. The maximum Gasteiger partial charge on any atom is 0.0831 e. The molecule has 2 atom stereocenters. The molecule has 0 saturated carbocycles. The van der Waals surface area contributed by atoms with Gasteiger partial charge in [0.05, 0.1) is 17.2 Å². The first kappa shape index (κ1) is 23.3. The highest BCUT2D eigenvalue weighted by atomic mass is 16.3. The average Bonchev–Trinajstić information content (AvgIpc) is 3.17. The summed E-state index contributed by atoms with van der Waals surface area (Å²) in [6, 6.07) is 15.1. The fourth-order valence-electron chi connectivity index (χ4n) is 5.69. The van der Waals surface area contributed by atoms with E-state index in [0.717, 1.165) is 39.0 Å². The van der Waals surface area contributed by atoms with E-state index in [-0.39, 0.29) is 5.92 Å². The van der Waals surface area contributed by atoms with Gasteiger partial charge in [-0.2, -0.15) is 0 Å². The zero-order valence-electron chi connectivity index (χ0n) is 21.7. The van der Waals surface area contributed by atoms with Gasteiger partial charge in [0.15, 0.2) is 0 Å². The molecule has 0 saturated heterocycles. The van der Waals surface area contributed by atoms with Crippen LogP contribution in [0.1, 0.15) is 65.6 Å². The van der Waals surface area contributed by atoms with Crippen LogP contribution in [0.5, 0.6) is 0 Å². The van der Waals surface area contributed by atoms with Crippen molar-refractivity contribution >= 4 is 16.6 Å². The summed E-state index contributed by atoms with van der Waals surface area (Å²) in [5, 5.41) is 16.1. The highest BCUT2D eigenvalue weighted by molar-refractivity contribution is 5.98. The number of aromatic amines is 1. The minimum absolute atomic E-state index is 0.0620. The van der Waals surface area contributed by atoms with Gasteiger partial charge < -0.3 is 15.4 Å². The second-order valence-corrected chi connectivity index (χ2v) is 10.8. The number of anilines is 1. The molecule has 5 rings (SSSR count). The zero-order chi connectivity index (χ0) is 25.1. The molecule has 0 radical (unpaired) electrons. The van der Waals surface area contributed by atoms with E-state index in [1.54, 1.807) is 0 Å². The van der Waals surface area contributed by atoms with Crippen molar-refractivity contribution in [2.24, 2.45) is 0 Å². The van der Waals surface area contributed by atoms with Gasteiger partial charge in [0.2, 0.25) is 0 Å². The predicted octanol–water partition coefficient (Wildman–Crippen LogP) is 7.14. The van der Waals surface area contributed by atoms with Crippen molar-refractivity contribution in [2.75, 3.05) is 5.32 Å². The number of fused-ring (bicyclic) bond motifs is 2. The summed E-state index contributed by atoms with van der Waals surface area (Å²) >= 11 is 0. The molecule has 178 valence electrons. The van der Waals surface area contributed by atoms with Crippen LogP contribution in [-0.4, -0.2) is 21.7 Å². The molecule has 35 heavy (non-hydrogen) atoms. The molecule has 2 heterocycles. The van der Waals surface area contributed by atoms with Gasteiger partial charge in [0, 0.05) is 45.4 Å². The van der Waals surface area contributed by atoms with Crippen LogP contribution in [0.25, 0.3) is 22.0 Å². The lowest BCUT2D eigenvalue weighted by atomic mass is 9.75. The molecule has 0 spiro atoms. The molecule has 1 unspecified atom stereocenters. The van der Waals surface area contributed by atoms with E-state index in [0.29, 0.717) is 0 Å². The summed E-state index contributed by atoms with van der Waals surface area (Å²) < 4.78 is 0. The molecule has 3 N–H and O–H groups in total. The van der Waals surface area contributed by atoms with Crippen LogP contribution >= 0.6 is 0 Å². The molecule has 4 aromatic rings. The Hall–Kier alpha value is -3.48. The summed E-state index contributed by atoms with van der Waals surface area (Å²) in [5.41, 5.74) is 11.9. The van der Waals surface area contributed by atoms with Crippen LogP contribution in [0, 0.1) is 39.5 Å². The summed E-state index contributed by atoms with van der Waals surface area (Å²) in [4.78, 5) is 3.49. The molecule has 1 aliphatic rings. The summed E-state index contributed by atoms with van der Waals surface area (Å²) in [6.45, 7) is 14.7. The van der Waals surface area contributed by atoms with Gasteiger partial charge in [-0.25, -0.2) is 0 Å². The zero-order valence-corrected chi connectivity index (χ0v) is 21.7. The third-order valence-electron chi connectivity index (χ3n) is 7.44. The van der Waals surface area contributed by atoms with E-state index in [2.05, 4.69) is 119 Å². The van der Waals surface area contributed by atoms with Gasteiger partial charge in [-0.15, -0.1) is 0 Å². The van der Waals surface area contributed by atoms with Crippen molar-refractivity contribution in [3.05, 3.63) is 87.6 Å². The smallest absolute Gasteiger partial charge is 0.0831 e. The Bertz CT molecular complexity index is 1510. The average molecular weight is 463 g/mol. The van der Waals surface area contributed by atoms with E-state index in [1.807, 2.05) is 0 Å². The number of para-hydroxylation sites is 1. The quantitative estimate of drug-likeness (QED) is 0.263. The molecule has 1 aromatic heterocycles. The van der Waals surface area contributed by atoms with Crippen molar-refractivity contribution < 1.29 is 5.11 Å². The monoisotopic (exact) mass is 462 g/mol. The fourth-order valence-corrected chi connectivity index (χ4v) is 5.69. The first-order valence-corrected chi connectivity index (χ1v) is 12.4. The highest BCUT2D eigenvalue weighted by Gasteiger charge is 2.40. The van der Waals surface area contributed by atoms with Crippen LogP contribution in [0.2, 0.25) is 0 Å². The van der Waals surface area contributed by atoms with Gasteiger partial charge in [0.1, 0.15) is 0 Å². The molecule has 0 fully saturated rings. The lowest BCUT2D eigenvalue weighted by Crippen LogP contribution is -2.50. The second-order valence-electron chi connectivity index (χ2n) is 10.8. The largest absolute Gasteiger partial charge is 0.390 e. The maximum absolute atomic E-state index is 11.2. The molecule has 1 aliphatic heterocycles. The summed E-state index contributed by atoms with van der Waals surface area (Å²) in [5.74, 6) is 6.97. The number of benzene rings is 3. The van der Waals surface area contributed by atoms with E-state index in [9.17, 15) is 5.11 Å². The standard InChI is InChI=1S/C32H34N2O/c1-18-13-19(2)15-23(14-18)11-12-25-27(26-10-8-9-24-21(4)17-33-30(24)26)16-20(3)29-28(25)22(5)31(35)32(6,7)34-29/h8-10,13-17,22,31,33-35H,1-7H3/t22-,31?/m0/s1. The van der Waals surface area contributed by atoms with Gasteiger partial charge in [-0.05, 0) is 87.6 Å². The molecule has 3 heteroatoms. The molecular formula is C32H34N2O. The Kier molecular flexibility index (Phi) is 5.54. The SMILES string of the molecule is Cc1cc(C)cc(C#Cc2c(-c3cccc4c(C)c[nH]c34)cc(C)c3c2[C@H](C)C(O)C(C)(C)N3)c1. The minimum Gasteiger partial charge on any atom is -0.390 e. The van der Waals surface area contributed by atoms with Crippen LogP contribution in [0.3, 0.4) is 0 Å². The predicted molar refractivity (Wildman–Crippen MR) is 147 cm³/mol. The van der Waals surface area contributed by atoms with Gasteiger partial charge in [-0.3, -0.25) is 0 Å². The Morgan fingerprint density at radius 1 is 0.886 bits per heavy atom. The third kappa shape index (κ3) is 3.93. The summed E-state index contributed by atoms with van der Waals surface area (Å²) in [6.07, 6.45) is 1.53. The number of rotatable bonds is 1. The number of aromatic nitrogens is 1. The fraction of sp³-hybridized carbons (Fsp3) is 0.312. The first-order valence-electron chi connectivity index (χ1n) is 12.4. The molecule has 3 nitrogen and oxygen atoms in total. The van der Waals surface area contributed by atoms with Crippen LogP contribution in [0.15, 0.2) is 48.7 Å². The van der Waals surface area contributed by atoms with E-state index in [4.69, 9.17) is 0 Å². The van der Waals surface area contributed by atoms with Crippen molar-refractivity contribution in [1.82, 2.24) is 4.98 Å². The first-order chi connectivity index (χ1) is 16.6. The normalized spacial score (nSPS) is 18.5. The summed E-state index contributed by atoms with van der Waals surface area (Å²) in [7, 11) is 0. The number of aliphatic hydroxyl groups excluding tert-OH is 1. The van der Waals surface area contributed by atoms with Gasteiger partial charge >= 0.3 is 0 Å². The number of H-pyrrole nitrogens is 1. The Balaban J connectivity index is 1.83. The second kappa shape index (κ2) is 8.33. The van der Waals surface area contributed by atoms with E-state index >= 15 is 0 Å². The lowest BCUT2D eigenvalue weighted by molar-refractivity contribution is 0.0868. The van der Waals surface area contributed by atoms with Crippen molar-refractivity contribution in [1.29, 1.82) is 0 Å². The molecular weight excluding hydrogens is 428 g/mol. The van der Waals surface area contributed by atoms with E-state index < -0.39 is 11.6 Å². The van der Waals surface area contributed by atoms with Crippen molar-refractivity contribution in [3.63, 3.8) is 0 Å². The van der Waals surface area contributed by atoms with Gasteiger partial charge in [0.25, 0.3) is 0 Å². The molecule has 0 aliphatic carbocycles. The number of aliphatic hydroxyl groups is 1. The minimum atomic E-state index is -0.532. The number of nitrogens with one attached hydrogen (secondary N) is 2. The third-order valence-corrected chi connectivity index (χ3v) is 7.44. The Morgan fingerprint density at radius 3 is 2.31 bits per heavy atom. The molecule has 0 amide bonds. The maximum atomic E-state index is 11.2. The topological polar surface area (TPSA) is 48.0 Å². The van der Waals surface area contributed by atoms with Crippen LogP contribution in [0.4, 0.5) is 5.69 Å². The number of hydrogen-bond acceptors (Lipinski definition) is 2. The lowest BCUT2D eigenvalue weighted by Gasteiger charge is -2.43. The number of hydrogen-bond donors (Lipinski definition) is 3. The highest BCUT2D eigenvalue weighted by Crippen LogP contribution is 2.46. The van der Waals surface area contributed by atoms with Crippen molar-refractivity contribution in [3.8, 4) is 23.0 Å². The Morgan fingerprint density at radius 2 is 1.60 bits per heavy atom. The Labute approximate surface area is 208 Å². The van der Waals surface area contributed by atoms with E-state index in [1.165, 1.54) is 27.6 Å². The number of aryl methyl sites for hydroxylation is 4. The van der Waals surface area contributed by atoms with Crippen molar-refractivity contribution in [2.45, 2.75) is 66.0 Å². The molecule has 3 aromatic carbocycles. The van der Waals surface area contributed by atoms with Gasteiger partial charge in [-0.1, -0.05) is 43.0 Å². The van der Waals surface area contributed by atoms with Crippen LogP contribution < -0.4 is 5.32 Å².